The average Bonchev–Trinajstić information content (AvgIpc) is 2.20. The number of methoxy groups -OCH3 is 1. The molecule has 0 bridgehead atoms. The summed E-state index contributed by atoms with van der Waals surface area (Å²) in [4.78, 5) is 0. The van der Waals surface area contributed by atoms with Crippen molar-refractivity contribution >= 4 is 15.9 Å². The lowest BCUT2D eigenvalue weighted by atomic mass is 10.0. The summed E-state index contributed by atoms with van der Waals surface area (Å²) in [7, 11) is 1.43. The van der Waals surface area contributed by atoms with Gasteiger partial charge in [0.05, 0.1) is 17.7 Å². The second-order valence-corrected chi connectivity index (χ2v) is 4.12. The molecule has 1 aromatic rings. The Kier molecular flexibility index (Phi) is 4.07. The first-order valence-electron chi connectivity index (χ1n) is 4.44. The summed E-state index contributed by atoms with van der Waals surface area (Å²) < 4.78 is 18.6. The quantitative estimate of drug-likeness (QED) is 0.888. The van der Waals surface area contributed by atoms with Crippen molar-refractivity contribution in [3.63, 3.8) is 0 Å². The SMILES string of the molecule is COc1cc(C(O)C(C)N)cc(F)c1Br. The fourth-order valence-electron chi connectivity index (χ4n) is 1.21. The number of aliphatic hydroxyl groups is 1. The Morgan fingerprint density at radius 1 is 1.53 bits per heavy atom. The van der Waals surface area contributed by atoms with Gasteiger partial charge in [0.25, 0.3) is 0 Å². The number of nitrogens with two attached hydrogens (primary N) is 1. The molecular formula is C10H13BrFNO2. The van der Waals surface area contributed by atoms with E-state index in [1.54, 1.807) is 13.0 Å². The van der Waals surface area contributed by atoms with Gasteiger partial charge in [-0.05, 0) is 40.5 Å². The molecule has 0 aliphatic rings. The van der Waals surface area contributed by atoms with E-state index in [2.05, 4.69) is 15.9 Å². The molecule has 5 heteroatoms. The Morgan fingerprint density at radius 3 is 2.60 bits per heavy atom. The van der Waals surface area contributed by atoms with Gasteiger partial charge in [0.2, 0.25) is 0 Å². The molecule has 3 nitrogen and oxygen atoms in total. The van der Waals surface area contributed by atoms with Crippen LogP contribution >= 0.6 is 15.9 Å². The molecule has 0 radical (unpaired) electrons. The lowest BCUT2D eigenvalue weighted by Gasteiger charge is -2.16. The predicted octanol–water partition coefficient (Wildman–Crippen LogP) is 1.98. The van der Waals surface area contributed by atoms with E-state index >= 15 is 0 Å². The highest BCUT2D eigenvalue weighted by molar-refractivity contribution is 9.10. The van der Waals surface area contributed by atoms with Crippen molar-refractivity contribution in [2.24, 2.45) is 5.73 Å². The largest absolute Gasteiger partial charge is 0.495 e. The van der Waals surface area contributed by atoms with Gasteiger partial charge in [-0.25, -0.2) is 4.39 Å². The van der Waals surface area contributed by atoms with E-state index in [0.29, 0.717) is 11.3 Å². The zero-order valence-electron chi connectivity index (χ0n) is 8.50. The summed E-state index contributed by atoms with van der Waals surface area (Å²) in [5.74, 6) is -0.145. The van der Waals surface area contributed by atoms with Gasteiger partial charge in [-0.3, -0.25) is 0 Å². The Morgan fingerprint density at radius 2 is 2.13 bits per heavy atom. The molecule has 2 atom stereocenters. The van der Waals surface area contributed by atoms with Crippen LogP contribution in [0, 0.1) is 5.82 Å². The number of halogens is 2. The van der Waals surface area contributed by atoms with E-state index in [1.807, 2.05) is 0 Å². The summed E-state index contributed by atoms with van der Waals surface area (Å²) in [6, 6.07) is 2.33. The van der Waals surface area contributed by atoms with E-state index < -0.39 is 18.0 Å². The number of aliphatic hydroxyl groups excluding tert-OH is 1. The van der Waals surface area contributed by atoms with Gasteiger partial charge in [-0.1, -0.05) is 0 Å². The van der Waals surface area contributed by atoms with Crippen molar-refractivity contribution in [2.75, 3.05) is 7.11 Å². The van der Waals surface area contributed by atoms with E-state index in [4.69, 9.17) is 10.5 Å². The third-order valence-electron chi connectivity index (χ3n) is 2.08. The van der Waals surface area contributed by atoms with Crippen molar-refractivity contribution in [3.05, 3.63) is 28.0 Å². The molecule has 0 heterocycles. The normalized spacial score (nSPS) is 14.8. The second-order valence-electron chi connectivity index (χ2n) is 3.32. The van der Waals surface area contributed by atoms with Crippen LogP contribution < -0.4 is 10.5 Å². The summed E-state index contributed by atoms with van der Waals surface area (Å²) in [5, 5.41) is 9.67. The average molecular weight is 278 g/mol. The molecule has 1 aromatic carbocycles. The first-order chi connectivity index (χ1) is 6.97. The van der Waals surface area contributed by atoms with Gasteiger partial charge < -0.3 is 15.6 Å². The third kappa shape index (κ3) is 2.68. The molecule has 0 amide bonds. The van der Waals surface area contributed by atoms with Gasteiger partial charge >= 0.3 is 0 Å². The van der Waals surface area contributed by atoms with Crippen LogP contribution in [0.3, 0.4) is 0 Å². The summed E-state index contributed by atoms with van der Waals surface area (Å²) in [5.41, 5.74) is 5.93. The van der Waals surface area contributed by atoms with Gasteiger partial charge in [0.1, 0.15) is 11.6 Å². The van der Waals surface area contributed by atoms with Gasteiger partial charge in [-0.2, -0.15) is 0 Å². The number of benzene rings is 1. The van der Waals surface area contributed by atoms with Crippen molar-refractivity contribution in [1.29, 1.82) is 0 Å². The topological polar surface area (TPSA) is 55.5 Å². The van der Waals surface area contributed by atoms with Gasteiger partial charge in [0.15, 0.2) is 0 Å². The van der Waals surface area contributed by atoms with E-state index in [1.165, 1.54) is 13.2 Å². The number of hydrogen-bond donors (Lipinski definition) is 2. The van der Waals surface area contributed by atoms with Crippen LogP contribution in [0.15, 0.2) is 16.6 Å². The Hall–Kier alpha value is -0.650. The fourth-order valence-corrected chi connectivity index (χ4v) is 1.60. The molecule has 15 heavy (non-hydrogen) atoms. The van der Waals surface area contributed by atoms with Crippen molar-refractivity contribution < 1.29 is 14.2 Å². The van der Waals surface area contributed by atoms with Crippen LogP contribution in [0.2, 0.25) is 0 Å². The molecule has 0 aliphatic heterocycles. The minimum absolute atomic E-state index is 0.241. The summed E-state index contributed by atoms with van der Waals surface area (Å²) in [6.45, 7) is 1.65. The number of rotatable bonds is 3. The van der Waals surface area contributed by atoms with Crippen LogP contribution in [0.5, 0.6) is 5.75 Å². The molecular weight excluding hydrogens is 265 g/mol. The second kappa shape index (κ2) is 4.92. The van der Waals surface area contributed by atoms with Gasteiger partial charge in [-0.15, -0.1) is 0 Å². The monoisotopic (exact) mass is 277 g/mol. The Labute approximate surface area is 96.2 Å². The van der Waals surface area contributed by atoms with Crippen LogP contribution in [0.25, 0.3) is 0 Å². The summed E-state index contributed by atoms with van der Waals surface area (Å²) >= 11 is 3.05. The number of ether oxygens (including phenoxy) is 1. The predicted molar refractivity (Wildman–Crippen MR) is 59.3 cm³/mol. The lowest BCUT2D eigenvalue weighted by Crippen LogP contribution is -2.24. The van der Waals surface area contributed by atoms with E-state index in [9.17, 15) is 9.50 Å². The highest BCUT2D eigenvalue weighted by Gasteiger charge is 2.17. The zero-order chi connectivity index (χ0) is 11.6. The molecule has 0 saturated heterocycles. The fraction of sp³-hybridized carbons (Fsp3) is 0.400. The minimum Gasteiger partial charge on any atom is -0.495 e. The molecule has 1 rings (SSSR count). The van der Waals surface area contributed by atoms with E-state index in [0.717, 1.165) is 0 Å². The first-order valence-corrected chi connectivity index (χ1v) is 5.23. The first kappa shape index (κ1) is 12.4. The highest BCUT2D eigenvalue weighted by Crippen LogP contribution is 2.31. The summed E-state index contributed by atoms with van der Waals surface area (Å²) in [6.07, 6.45) is -0.901. The van der Waals surface area contributed by atoms with E-state index in [-0.39, 0.29) is 4.47 Å². The Bertz CT molecular complexity index is 358. The van der Waals surface area contributed by atoms with Crippen molar-refractivity contribution in [1.82, 2.24) is 0 Å². The molecule has 0 fully saturated rings. The molecule has 2 unspecified atom stereocenters. The molecule has 0 spiro atoms. The van der Waals surface area contributed by atoms with Crippen LogP contribution in [0.1, 0.15) is 18.6 Å². The van der Waals surface area contributed by atoms with Crippen LogP contribution in [0.4, 0.5) is 4.39 Å². The zero-order valence-corrected chi connectivity index (χ0v) is 10.1. The maximum atomic E-state index is 13.4. The lowest BCUT2D eigenvalue weighted by molar-refractivity contribution is 0.152. The van der Waals surface area contributed by atoms with Crippen molar-refractivity contribution in [3.8, 4) is 5.75 Å². The van der Waals surface area contributed by atoms with Crippen LogP contribution in [-0.4, -0.2) is 18.3 Å². The number of hydrogen-bond acceptors (Lipinski definition) is 3. The molecule has 0 saturated carbocycles. The minimum atomic E-state index is -0.901. The molecule has 84 valence electrons. The van der Waals surface area contributed by atoms with Gasteiger partial charge in [0, 0.05) is 6.04 Å². The molecule has 0 aliphatic carbocycles. The Balaban J connectivity index is 3.16. The smallest absolute Gasteiger partial charge is 0.141 e. The third-order valence-corrected chi connectivity index (χ3v) is 2.85. The van der Waals surface area contributed by atoms with Crippen molar-refractivity contribution in [2.45, 2.75) is 19.1 Å². The molecule has 3 N–H and O–H groups in total. The maximum absolute atomic E-state index is 13.4. The highest BCUT2D eigenvalue weighted by atomic mass is 79.9. The maximum Gasteiger partial charge on any atom is 0.141 e. The van der Waals surface area contributed by atoms with Crippen LogP contribution in [-0.2, 0) is 0 Å². The standard InChI is InChI=1S/C10H13BrFNO2/c1-5(13)10(14)6-3-7(12)9(11)8(4-6)15-2/h3-5,10,14H,13H2,1-2H3. The molecule has 0 aromatic heterocycles.